The van der Waals surface area contributed by atoms with Crippen LogP contribution in [0.4, 0.5) is 0 Å². The van der Waals surface area contributed by atoms with Crippen molar-refractivity contribution in [3.63, 3.8) is 0 Å². The highest BCUT2D eigenvalue weighted by atomic mass is 14.2. The minimum absolute atomic E-state index is 0.855. The van der Waals surface area contributed by atoms with E-state index in [0.29, 0.717) is 0 Å². The Morgan fingerprint density at radius 3 is 0.935 bits per heavy atom. The standard InChI is InChI=1S/C31H36/c1-7-13-24-19-21-26(30(17-11-5)28(24)15-9-3)23-27-22-20-25(14-8-2)29(16-10-4)31(27)18-12-6/h7-12,19-22H,1-6,13-18,23H2. The van der Waals surface area contributed by atoms with Gasteiger partial charge in [0, 0.05) is 0 Å². The van der Waals surface area contributed by atoms with Gasteiger partial charge in [-0.2, -0.15) is 0 Å². The molecular formula is C31H36. The lowest BCUT2D eigenvalue weighted by atomic mass is 9.84. The largest absolute Gasteiger partial charge is 0.103 e. The number of benzene rings is 2. The van der Waals surface area contributed by atoms with Gasteiger partial charge in [0.15, 0.2) is 0 Å². The Morgan fingerprint density at radius 1 is 0.387 bits per heavy atom. The van der Waals surface area contributed by atoms with Crippen molar-refractivity contribution in [1.29, 1.82) is 0 Å². The summed E-state index contributed by atoms with van der Waals surface area (Å²) in [5.41, 5.74) is 10.9. The van der Waals surface area contributed by atoms with Gasteiger partial charge in [-0.05, 0) is 89.5 Å². The molecule has 0 spiro atoms. The van der Waals surface area contributed by atoms with Crippen LogP contribution in [0.3, 0.4) is 0 Å². The molecule has 2 aromatic rings. The second-order valence-electron chi connectivity index (χ2n) is 7.82. The van der Waals surface area contributed by atoms with Crippen molar-refractivity contribution in [2.75, 3.05) is 0 Å². The van der Waals surface area contributed by atoms with E-state index in [1.54, 1.807) is 0 Å². The fourth-order valence-corrected chi connectivity index (χ4v) is 4.40. The van der Waals surface area contributed by atoms with E-state index >= 15 is 0 Å². The van der Waals surface area contributed by atoms with Gasteiger partial charge in [-0.15, -0.1) is 39.5 Å². The molecule has 0 aliphatic heterocycles. The lowest BCUT2D eigenvalue weighted by molar-refractivity contribution is 0.999. The molecule has 0 saturated heterocycles. The van der Waals surface area contributed by atoms with E-state index in [2.05, 4.69) is 63.7 Å². The molecular weight excluding hydrogens is 372 g/mol. The average Bonchev–Trinajstić information content (AvgIpc) is 2.76. The molecule has 0 amide bonds. The Balaban J connectivity index is 2.65. The van der Waals surface area contributed by atoms with Crippen LogP contribution < -0.4 is 0 Å². The van der Waals surface area contributed by atoms with E-state index < -0.39 is 0 Å². The average molecular weight is 409 g/mol. The molecule has 0 bridgehead atoms. The first kappa shape index (κ1) is 24.2. The molecule has 2 rings (SSSR count). The maximum atomic E-state index is 4.02. The third-order valence-electron chi connectivity index (χ3n) is 5.75. The summed E-state index contributed by atoms with van der Waals surface area (Å²) >= 11 is 0. The second kappa shape index (κ2) is 12.5. The van der Waals surface area contributed by atoms with Gasteiger partial charge in [-0.1, -0.05) is 60.7 Å². The summed E-state index contributed by atoms with van der Waals surface area (Å²) in [6, 6.07) is 9.08. The van der Waals surface area contributed by atoms with Crippen LogP contribution in [0.1, 0.15) is 44.5 Å². The first-order valence-electron chi connectivity index (χ1n) is 11.0. The molecule has 0 nitrogen and oxygen atoms in total. The van der Waals surface area contributed by atoms with Gasteiger partial charge >= 0.3 is 0 Å². The van der Waals surface area contributed by atoms with E-state index in [-0.39, 0.29) is 0 Å². The summed E-state index contributed by atoms with van der Waals surface area (Å²) < 4.78 is 0. The predicted molar refractivity (Wildman–Crippen MR) is 139 cm³/mol. The van der Waals surface area contributed by atoms with Crippen LogP contribution in [0.2, 0.25) is 0 Å². The Hall–Kier alpha value is -3.12. The van der Waals surface area contributed by atoms with E-state index in [1.807, 2.05) is 36.5 Å². The molecule has 0 N–H and O–H groups in total. The van der Waals surface area contributed by atoms with Crippen molar-refractivity contribution >= 4 is 0 Å². The summed E-state index contributed by atoms with van der Waals surface area (Å²) in [4.78, 5) is 0. The first-order chi connectivity index (χ1) is 15.1. The summed E-state index contributed by atoms with van der Waals surface area (Å²) in [7, 11) is 0. The van der Waals surface area contributed by atoms with Crippen LogP contribution in [-0.4, -0.2) is 0 Å². The first-order valence-corrected chi connectivity index (χ1v) is 11.0. The molecule has 0 saturated carbocycles. The van der Waals surface area contributed by atoms with Crippen LogP contribution >= 0.6 is 0 Å². The molecule has 0 atom stereocenters. The smallest absolute Gasteiger partial charge is 0.00199 e. The zero-order chi connectivity index (χ0) is 22.6. The molecule has 0 radical (unpaired) electrons. The van der Waals surface area contributed by atoms with Gasteiger partial charge in [-0.25, -0.2) is 0 Å². The second-order valence-corrected chi connectivity index (χ2v) is 7.82. The third kappa shape index (κ3) is 5.95. The van der Waals surface area contributed by atoms with Crippen LogP contribution in [-0.2, 0) is 44.9 Å². The van der Waals surface area contributed by atoms with Crippen molar-refractivity contribution in [3.05, 3.63) is 145 Å². The molecule has 2 aromatic carbocycles. The van der Waals surface area contributed by atoms with Crippen molar-refractivity contribution in [1.82, 2.24) is 0 Å². The molecule has 160 valence electrons. The van der Waals surface area contributed by atoms with Crippen molar-refractivity contribution < 1.29 is 0 Å². The van der Waals surface area contributed by atoms with Crippen LogP contribution in [0.25, 0.3) is 0 Å². The Labute approximate surface area is 189 Å². The number of hydrogen-bond donors (Lipinski definition) is 0. The normalized spacial score (nSPS) is 10.3. The zero-order valence-corrected chi connectivity index (χ0v) is 19.0. The van der Waals surface area contributed by atoms with Crippen LogP contribution in [0.5, 0.6) is 0 Å². The Kier molecular flexibility index (Phi) is 9.78. The number of allylic oxidation sites excluding steroid dienone is 6. The fraction of sp³-hybridized carbons (Fsp3) is 0.226. The van der Waals surface area contributed by atoms with E-state index in [0.717, 1.165) is 44.9 Å². The minimum atomic E-state index is 0.855. The molecule has 0 aromatic heterocycles. The monoisotopic (exact) mass is 408 g/mol. The van der Waals surface area contributed by atoms with Crippen molar-refractivity contribution in [2.24, 2.45) is 0 Å². The van der Waals surface area contributed by atoms with Gasteiger partial charge in [-0.3, -0.25) is 0 Å². The van der Waals surface area contributed by atoms with Crippen LogP contribution in [0, 0.1) is 0 Å². The van der Waals surface area contributed by atoms with Gasteiger partial charge in [0.05, 0.1) is 0 Å². The minimum Gasteiger partial charge on any atom is -0.103 e. The maximum absolute atomic E-state index is 4.02. The Bertz CT molecular complexity index is 889. The van der Waals surface area contributed by atoms with Crippen LogP contribution in [0.15, 0.2) is 100 Å². The third-order valence-corrected chi connectivity index (χ3v) is 5.75. The number of hydrogen-bond acceptors (Lipinski definition) is 0. The van der Waals surface area contributed by atoms with E-state index in [1.165, 1.54) is 44.5 Å². The summed E-state index contributed by atoms with van der Waals surface area (Å²) in [6.45, 7) is 23.9. The highest BCUT2D eigenvalue weighted by molar-refractivity contribution is 5.50. The quantitative estimate of drug-likeness (QED) is 0.282. The zero-order valence-electron chi connectivity index (χ0n) is 19.0. The molecule has 0 aliphatic carbocycles. The SMILES string of the molecule is C=CCc1ccc(Cc2ccc(CC=C)c(CC=C)c2CC=C)c(CC=C)c1CC=C. The molecule has 0 heteroatoms. The van der Waals surface area contributed by atoms with Crippen molar-refractivity contribution in [2.45, 2.75) is 44.9 Å². The predicted octanol–water partition coefficient (Wildman–Crippen LogP) is 7.65. The summed E-state index contributed by atoms with van der Waals surface area (Å²) in [6.07, 6.45) is 18.0. The van der Waals surface area contributed by atoms with E-state index in [4.69, 9.17) is 0 Å². The van der Waals surface area contributed by atoms with Gasteiger partial charge in [0.2, 0.25) is 0 Å². The highest BCUT2D eigenvalue weighted by Gasteiger charge is 2.15. The van der Waals surface area contributed by atoms with Gasteiger partial charge < -0.3 is 0 Å². The molecule has 0 unspecified atom stereocenters. The topological polar surface area (TPSA) is 0 Å². The highest BCUT2D eigenvalue weighted by Crippen LogP contribution is 2.29. The molecule has 0 heterocycles. The molecule has 0 aliphatic rings. The fourth-order valence-electron chi connectivity index (χ4n) is 4.40. The lowest BCUT2D eigenvalue weighted by Gasteiger charge is -2.20. The maximum Gasteiger partial charge on any atom is -0.00199 e. The summed E-state index contributed by atoms with van der Waals surface area (Å²) in [5, 5.41) is 0. The van der Waals surface area contributed by atoms with Gasteiger partial charge in [0.1, 0.15) is 0 Å². The lowest BCUT2D eigenvalue weighted by Crippen LogP contribution is -2.08. The molecule has 31 heavy (non-hydrogen) atoms. The Morgan fingerprint density at radius 2 is 0.645 bits per heavy atom. The van der Waals surface area contributed by atoms with Gasteiger partial charge in [0.25, 0.3) is 0 Å². The van der Waals surface area contributed by atoms with Crippen molar-refractivity contribution in [3.8, 4) is 0 Å². The number of rotatable bonds is 14. The molecule has 0 fully saturated rings. The summed E-state index contributed by atoms with van der Waals surface area (Å²) in [5.74, 6) is 0. The van der Waals surface area contributed by atoms with E-state index in [9.17, 15) is 0 Å².